The third-order valence-corrected chi connectivity index (χ3v) is 3.57. The summed E-state index contributed by atoms with van der Waals surface area (Å²) in [5.74, 6) is -0.0104. The molecule has 0 aliphatic carbocycles. The first-order valence-corrected chi connectivity index (χ1v) is 7.86. The van der Waals surface area contributed by atoms with Crippen LogP contribution >= 0.6 is 23.2 Å². The van der Waals surface area contributed by atoms with Crippen molar-refractivity contribution in [1.29, 1.82) is 0 Å². The van der Waals surface area contributed by atoms with E-state index in [0.29, 0.717) is 37.4 Å². The number of rotatable bonds is 7. The number of phenolic OH excluding ortho intramolecular Hbond substituents is 1. The van der Waals surface area contributed by atoms with E-state index in [2.05, 4.69) is 0 Å². The summed E-state index contributed by atoms with van der Waals surface area (Å²) < 4.78 is 10.7. The molecule has 2 rings (SSSR count). The minimum Gasteiger partial charge on any atom is -0.508 e. The largest absolute Gasteiger partial charge is 0.508 e. The van der Waals surface area contributed by atoms with Crippen molar-refractivity contribution in [2.75, 3.05) is 13.2 Å². The van der Waals surface area contributed by atoms with Gasteiger partial charge in [0.2, 0.25) is 0 Å². The van der Waals surface area contributed by atoms with E-state index in [-0.39, 0.29) is 21.8 Å². The Morgan fingerprint density at radius 3 is 2.26 bits per heavy atom. The number of ether oxygens (including phenoxy) is 2. The molecule has 0 radical (unpaired) electrons. The zero-order chi connectivity index (χ0) is 16.7. The normalized spacial score (nSPS) is 10.3. The van der Waals surface area contributed by atoms with Gasteiger partial charge in [0.25, 0.3) is 0 Å². The molecule has 1 N–H and O–H groups in total. The molecule has 6 heteroatoms. The molecule has 0 aromatic heterocycles. The summed E-state index contributed by atoms with van der Waals surface area (Å²) in [5.41, 5.74) is 0.534. The number of aromatic hydroxyl groups is 1. The zero-order valence-corrected chi connectivity index (χ0v) is 13.8. The maximum absolute atomic E-state index is 11.7. The van der Waals surface area contributed by atoms with Crippen molar-refractivity contribution in [1.82, 2.24) is 0 Å². The molecule has 0 spiro atoms. The van der Waals surface area contributed by atoms with E-state index in [4.69, 9.17) is 32.7 Å². The third kappa shape index (κ3) is 5.34. The van der Waals surface area contributed by atoms with Crippen LogP contribution in [-0.4, -0.2) is 24.3 Å². The van der Waals surface area contributed by atoms with Crippen molar-refractivity contribution >= 4 is 29.2 Å². The first-order chi connectivity index (χ1) is 11.1. The van der Waals surface area contributed by atoms with E-state index in [0.717, 1.165) is 0 Å². The second kappa shape index (κ2) is 8.65. The number of phenols is 1. The standard InChI is InChI=1S/C17H16Cl2O4/c18-14-10-13(20)11-15(19)16(14)22-8-4-5-9-23-17(21)12-6-2-1-3-7-12/h1-3,6-7,10-11,20H,4-5,8-9H2. The predicted molar refractivity (Wildman–Crippen MR) is 89.6 cm³/mol. The van der Waals surface area contributed by atoms with Gasteiger partial charge in [-0.25, -0.2) is 4.79 Å². The van der Waals surface area contributed by atoms with Crippen LogP contribution in [0.25, 0.3) is 0 Å². The number of carbonyl (C=O) groups is 1. The second-order valence-corrected chi connectivity index (χ2v) is 5.61. The summed E-state index contributed by atoms with van der Waals surface area (Å²) in [7, 11) is 0. The lowest BCUT2D eigenvalue weighted by Crippen LogP contribution is -2.07. The number of unbranched alkanes of at least 4 members (excludes halogenated alkanes) is 1. The first kappa shape index (κ1) is 17.4. The van der Waals surface area contributed by atoms with Crippen molar-refractivity contribution in [3.63, 3.8) is 0 Å². The number of hydrogen-bond donors (Lipinski definition) is 1. The number of halogens is 2. The number of esters is 1. The molecule has 0 saturated heterocycles. The van der Waals surface area contributed by atoms with Crippen molar-refractivity contribution in [3.8, 4) is 11.5 Å². The molecule has 0 atom stereocenters. The molecular weight excluding hydrogens is 339 g/mol. The number of carbonyl (C=O) groups excluding carboxylic acids is 1. The lowest BCUT2D eigenvalue weighted by molar-refractivity contribution is 0.0494. The molecule has 23 heavy (non-hydrogen) atoms. The van der Waals surface area contributed by atoms with Crippen LogP contribution in [-0.2, 0) is 4.74 Å². The minimum atomic E-state index is -0.337. The maximum Gasteiger partial charge on any atom is 0.338 e. The van der Waals surface area contributed by atoms with Crippen molar-refractivity contribution in [3.05, 3.63) is 58.1 Å². The van der Waals surface area contributed by atoms with Gasteiger partial charge in [-0.3, -0.25) is 0 Å². The summed E-state index contributed by atoms with van der Waals surface area (Å²) in [6, 6.07) is 11.6. The van der Waals surface area contributed by atoms with E-state index in [1.54, 1.807) is 24.3 Å². The van der Waals surface area contributed by atoms with Crippen LogP contribution in [0.5, 0.6) is 11.5 Å². The summed E-state index contributed by atoms with van der Waals surface area (Å²) in [6.45, 7) is 0.696. The van der Waals surface area contributed by atoms with E-state index in [1.165, 1.54) is 12.1 Å². The van der Waals surface area contributed by atoms with E-state index < -0.39 is 0 Å². The van der Waals surface area contributed by atoms with E-state index >= 15 is 0 Å². The Labute approximate surface area is 144 Å². The molecule has 0 unspecified atom stereocenters. The highest BCUT2D eigenvalue weighted by molar-refractivity contribution is 6.37. The van der Waals surface area contributed by atoms with Gasteiger partial charge in [-0.05, 0) is 25.0 Å². The molecule has 2 aromatic rings. The highest BCUT2D eigenvalue weighted by Crippen LogP contribution is 2.36. The minimum absolute atomic E-state index is 0.0137. The Hall–Kier alpha value is -1.91. The molecule has 122 valence electrons. The molecule has 4 nitrogen and oxygen atoms in total. The average molecular weight is 355 g/mol. The molecular formula is C17H16Cl2O4. The molecule has 0 aliphatic rings. The summed E-state index contributed by atoms with van der Waals surface area (Å²) in [6.07, 6.45) is 1.33. The second-order valence-electron chi connectivity index (χ2n) is 4.80. The van der Waals surface area contributed by atoms with Gasteiger partial charge in [0.15, 0.2) is 5.75 Å². The van der Waals surface area contributed by atoms with Gasteiger partial charge in [0.05, 0.1) is 28.8 Å². The lowest BCUT2D eigenvalue weighted by Gasteiger charge is -2.10. The number of hydrogen-bond acceptors (Lipinski definition) is 4. The van der Waals surface area contributed by atoms with Gasteiger partial charge in [0, 0.05) is 12.1 Å². The summed E-state index contributed by atoms with van der Waals surface area (Å²) >= 11 is 11.9. The van der Waals surface area contributed by atoms with Gasteiger partial charge < -0.3 is 14.6 Å². The van der Waals surface area contributed by atoms with Gasteiger partial charge in [-0.15, -0.1) is 0 Å². The van der Waals surface area contributed by atoms with Crippen molar-refractivity contribution in [2.45, 2.75) is 12.8 Å². The Morgan fingerprint density at radius 1 is 1.00 bits per heavy atom. The van der Waals surface area contributed by atoms with Gasteiger partial charge in [-0.2, -0.15) is 0 Å². The third-order valence-electron chi connectivity index (χ3n) is 3.01. The highest BCUT2D eigenvalue weighted by atomic mass is 35.5. The van der Waals surface area contributed by atoms with Crippen LogP contribution in [0.1, 0.15) is 23.2 Å². The van der Waals surface area contributed by atoms with Gasteiger partial charge in [-0.1, -0.05) is 41.4 Å². The summed E-state index contributed by atoms with van der Waals surface area (Å²) in [4.78, 5) is 11.7. The molecule has 0 aliphatic heterocycles. The molecule has 0 fully saturated rings. The van der Waals surface area contributed by atoms with Gasteiger partial charge in [0.1, 0.15) is 5.75 Å². The Balaban J connectivity index is 1.68. The molecule has 2 aromatic carbocycles. The molecule has 0 amide bonds. The van der Waals surface area contributed by atoms with Crippen molar-refractivity contribution < 1.29 is 19.4 Å². The lowest BCUT2D eigenvalue weighted by atomic mass is 10.2. The SMILES string of the molecule is O=C(OCCCCOc1c(Cl)cc(O)cc1Cl)c1ccccc1. The smallest absolute Gasteiger partial charge is 0.338 e. The fourth-order valence-corrected chi connectivity index (χ4v) is 2.47. The average Bonchev–Trinajstić information content (AvgIpc) is 2.53. The highest BCUT2D eigenvalue weighted by Gasteiger charge is 2.09. The molecule has 0 heterocycles. The molecule has 0 bridgehead atoms. The fraction of sp³-hybridized carbons (Fsp3) is 0.235. The Bertz CT molecular complexity index is 636. The van der Waals surface area contributed by atoms with Crippen LogP contribution < -0.4 is 4.74 Å². The van der Waals surface area contributed by atoms with E-state index in [9.17, 15) is 9.90 Å². The monoisotopic (exact) mass is 354 g/mol. The van der Waals surface area contributed by atoms with Crippen LogP contribution in [0, 0.1) is 0 Å². The number of benzene rings is 2. The van der Waals surface area contributed by atoms with Gasteiger partial charge >= 0.3 is 5.97 Å². The van der Waals surface area contributed by atoms with Crippen LogP contribution in [0.3, 0.4) is 0 Å². The van der Waals surface area contributed by atoms with Crippen LogP contribution in [0.4, 0.5) is 0 Å². The summed E-state index contributed by atoms with van der Waals surface area (Å²) in [5, 5.41) is 9.84. The van der Waals surface area contributed by atoms with Crippen LogP contribution in [0.15, 0.2) is 42.5 Å². The Morgan fingerprint density at radius 2 is 1.61 bits per heavy atom. The zero-order valence-electron chi connectivity index (χ0n) is 12.3. The fourth-order valence-electron chi connectivity index (χ4n) is 1.89. The quantitative estimate of drug-likeness (QED) is 0.577. The molecule has 0 saturated carbocycles. The Kier molecular flexibility index (Phi) is 6.56. The van der Waals surface area contributed by atoms with E-state index in [1.807, 2.05) is 6.07 Å². The topological polar surface area (TPSA) is 55.8 Å². The van der Waals surface area contributed by atoms with Crippen LogP contribution in [0.2, 0.25) is 10.0 Å². The predicted octanol–water partition coefficient (Wildman–Crippen LogP) is 4.72. The van der Waals surface area contributed by atoms with Crippen molar-refractivity contribution in [2.24, 2.45) is 0 Å². The maximum atomic E-state index is 11.7. The first-order valence-electron chi connectivity index (χ1n) is 7.11.